The van der Waals surface area contributed by atoms with Crippen LogP contribution in [0.3, 0.4) is 0 Å². The number of ether oxygens (including phenoxy) is 1. The molecule has 1 aromatic rings. The molecule has 0 radical (unpaired) electrons. The average molecular weight is 402 g/mol. The zero-order chi connectivity index (χ0) is 17.6. The molecule has 3 N–H and O–H groups in total. The zero-order valence-corrected chi connectivity index (χ0v) is 14.6. The molecule has 0 heterocycles. The number of nitro groups is 1. The van der Waals surface area contributed by atoms with Crippen LogP contribution in [0, 0.1) is 10.1 Å². The van der Waals surface area contributed by atoms with Crippen molar-refractivity contribution < 1.29 is 14.5 Å². The molecule has 0 spiro atoms. The highest BCUT2D eigenvalue weighted by atomic mass is 35.6. The summed E-state index contributed by atoms with van der Waals surface area (Å²) in [5.74, 6) is 0.313. The number of methoxy groups -OCH3 is 1. The van der Waals surface area contributed by atoms with E-state index in [4.69, 9.17) is 51.8 Å². The summed E-state index contributed by atoms with van der Waals surface area (Å²) in [7, 11) is 1.39. The first-order chi connectivity index (χ1) is 10.7. The number of hydrogen-bond acceptors (Lipinski definition) is 5. The third-order valence-electron chi connectivity index (χ3n) is 2.48. The number of hydrogen-bond donors (Lipinski definition) is 3. The fraction of sp³-hybridized carbons (Fsp3) is 0.273. The van der Waals surface area contributed by atoms with Crippen LogP contribution in [0.25, 0.3) is 0 Å². The molecule has 126 valence electrons. The summed E-state index contributed by atoms with van der Waals surface area (Å²) in [4.78, 5) is 20.8. The Hall–Kier alpha value is -1.55. The lowest BCUT2D eigenvalue weighted by atomic mass is 10.2. The van der Waals surface area contributed by atoms with E-state index in [1.54, 1.807) is 0 Å². The van der Waals surface area contributed by atoms with Crippen LogP contribution >= 0.6 is 47.0 Å². The molecule has 1 aromatic carbocycles. The molecule has 0 aliphatic carbocycles. The van der Waals surface area contributed by atoms with Crippen LogP contribution in [0.2, 0.25) is 0 Å². The van der Waals surface area contributed by atoms with Crippen LogP contribution in [-0.4, -0.2) is 33.5 Å². The van der Waals surface area contributed by atoms with Gasteiger partial charge in [-0.1, -0.05) is 34.8 Å². The van der Waals surface area contributed by atoms with Crippen molar-refractivity contribution in [3.05, 3.63) is 28.3 Å². The predicted molar refractivity (Wildman–Crippen MR) is 92.3 cm³/mol. The summed E-state index contributed by atoms with van der Waals surface area (Å²) in [6.07, 6.45) is -0.787. The summed E-state index contributed by atoms with van der Waals surface area (Å²) in [5.41, 5.74) is 0.0633. The second kappa shape index (κ2) is 8.34. The Morgan fingerprint density at radius 3 is 2.61 bits per heavy atom. The molecule has 23 heavy (non-hydrogen) atoms. The van der Waals surface area contributed by atoms with Gasteiger partial charge in [0.25, 0.3) is 5.69 Å². The van der Waals surface area contributed by atoms with E-state index in [2.05, 4.69) is 16.0 Å². The fourth-order valence-corrected chi connectivity index (χ4v) is 2.06. The lowest BCUT2D eigenvalue weighted by Gasteiger charge is -2.26. The van der Waals surface area contributed by atoms with Gasteiger partial charge < -0.3 is 20.7 Å². The minimum absolute atomic E-state index is 0.0468. The van der Waals surface area contributed by atoms with Crippen molar-refractivity contribution in [3.63, 3.8) is 0 Å². The molecular weight excluding hydrogens is 391 g/mol. The Balaban J connectivity index is 2.93. The topological polar surface area (TPSA) is 106 Å². The Labute approximate surface area is 151 Å². The molecule has 12 heteroatoms. The van der Waals surface area contributed by atoms with E-state index >= 15 is 0 Å². The van der Waals surface area contributed by atoms with Crippen molar-refractivity contribution in [2.75, 3.05) is 12.4 Å². The van der Waals surface area contributed by atoms with Gasteiger partial charge in [-0.25, -0.2) is 0 Å². The number of alkyl halides is 3. The standard InChI is InChI=1S/C11H11Cl3N4O4S/c1-22-8-3-2-6(18(20)21)4-7(8)16-10(23)17-9(15-5-19)11(12,13)14/h2-5,9H,1H3,(H,15,19)(H2,16,17,23). The first-order valence-electron chi connectivity index (χ1n) is 5.85. The first-order valence-corrected chi connectivity index (χ1v) is 7.39. The predicted octanol–water partition coefficient (Wildman–Crippen LogP) is 2.33. The Morgan fingerprint density at radius 1 is 1.48 bits per heavy atom. The highest BCUT2D eigenvalue weighted by Crippen LogP contribution is 2.30. The number of amides is 1. The molecule has 0 aliphatic heterocycles. The Bertz CT molecular complexity index is 611. The number of nitro benzene ring substituents is 1. The smallest absolute Gasteiger partial charge is 0.271 e. The molecule has 1 rings (SSSR count). The van der Waals surface area contributed by atoms with Crippen molar-refractivity contribution in [2.45, 2.75) is 9.96 Å². The molecular formula is C11H11Cl3N4O4S. The maximum Gasteiger partial charge on any atom is 0.271 e. The van der Waals surface area contributed by atoms with Gasteiger partial charge in [0.05, 0.1) is 17.7 Å². The minimum Gasteiger partial charge on any atom is -0.495 e. The van der Waals surface area contributed by atoms with Crippen molar-refractivity contribution in [2.24, 2.45) is 0 Å². The van der Waals surface area contributed by atoms with E-state index < -0.39 is 14.9 Å². The molecule has 1 unspecified atom stereocenters. The van der Waals surface area contributed by atoms with E-state index in [1.165, 1.54) is 25.3 Å². The normalized spacial score (nSPS) is 12.0. The largest absolute Gasteiger partial charge is 0.495 e. The third kappa shape index (κ3) is 5.87. The maximum absolute atomic E-state index is 10.8. The van der Waals surface area contributed by atoms with Crippen LogP contribution in [0.1, 0.15) is 0 Å². The molecule has 0 saturated carbocycles. The molecule has 0 saturated heterocycles. The number of halogens is 3. The molecule has 0 aliphatic rings. The first kappa shape index (κ1) is 19.5. The van der Waals surface area contributed by atoms with Crippen molar-refractivity contribution in [1.82, 2.24) is 10.6 Å². The summed E-state index contributed by atoms with van der Waals surface area (Å²) in [5, 5.41) is 18.3. The second-order valence-electron chi connectivity index (χ2n) is 4.00. The second-order valence-corrected chi connectivity index (χ2v) is 6.78. The van der Waals surface area contributed by atoms with Gasteiger partial charge in [0.15, 0.2) is 5.11 Å². The van der Waals surface area contributed by atoms with Crippen molar-refractivity contribution in [3.8, 4) is 5.75 Å². The number of anilines is 1. The number of rotatable bonds is 6. The molecule has 8 nitrogen and oxygen atoms in total. The van der Waals surface area contributed by atoms with Gasteiger partial charge in [0, 0.05) is 12.1 Å². The Kier molecular flexibility index (Phi) is 7.07. The average Bonchev–Trinajstić information content (AvgIpc) is 2.45. The van der Waals surface area contributed by atoms with E-state index in [-0.39, 0.29) is 16.5 Å². The zero-order valence-electron chi connectivity index (χ0n) is 11.5. The van der Waals surface area contributed by atoms with E-state index in [0.717, 1.165) is 0 Å². The highest BCUT2D eigenvalue weighted by molar-refractivity contribution is 7.80. The fourth-order valence-electron chi connectivity index (χ4n) is 1.48. The monoisotopic (exact) mass is 400 g/mol. The minimum atomic E-state index is -1.88. The summed E-state index contributed by atoms with van der Waals surface area (Å²) in [6.45, 7) is 0. The van der Waals surface area contributed by atoms with Crippen molar-refractivity contribution in [1.29, 1.82) is 0 Å². The number of nitrogens with zero attached hydrogens (tertiary/aromatic N) is 1. The van der Waals surface area contributed by atoms with Gasteiger partial charge >= 0.3 is 0 Å². The van der Waals surface area contributed by atoms with Gasteiger partial charge in [-0.3, -0.25) is 14.9 Å². The van der Waals surface area contributed by atoms with Gasteiger partial charge in [0.1, 0.15) is 11.9 Å². The summed E-state index contributed by atoms with van der Waals surface area (Å²) >= 11 is 22.1. The van der Waals surface area contributed by atoms with Crippen LogP contribution in [0.4, 0.5) is 11.4 Å². The quantitative estimate of drug-likeness (QED) is 0.168. The van der Waals surface area contributed by atoms with Crippen LogP contribution in [0.5, 0.6) is 5.75 Å². The number of carbonyl (C=O) groups is 1. The molecule has 1 atom stereocenters. The number of thiocarbonyl (C=S) groups is 1. The Morgan fingerprint density at radius 2 is 2.13 bits per heavy atom. The molecule has 0 aromatic heterocycles. The maximum atomic E-state index is 10.8. The lowest BCUT2D eigenvalue weighted by molar-refractivity contribution is -0.384. The summed E-state index contributed by atoms with van der Waals surface area (Å²) in [6, 6.07) is 3.90. The van der Waals surface area contributed by atoms with Gasteiger partial charge in [-0.05, 0) is 18.3 Å². The molecule has 0 fully saturated rings. The highest BCUT2D eigenvalue weighted by Gasteiger charge is 2.33. The van der Waals surface area contributed by atoms with Gasteiger partial charge in [-0.15, -0.1) is 0 Å². The number of non-ortho nitro benzene ring substituents is 1. The molecule has 0 bridgehead atoms. The summed E-state index contributed by atoms with van der Waals surface area (Å²) < 4.78 is 3.20. The third-order valence-corrected chi connectivity index (χ3v) is 3.35. The van der Waals surface area contributed by atoms with Crippen LogP contribution in [-0.2, 0) is 4.79 Å². The van der Waals surface area contributed by atoms with E-state index in [9.17, 15) is 14.9 Å². The molecule has 1 amide bonds. The van der Waals surface area contributed by atoms with Gasteiger partial charge in [0.2, 0.25) is 10.2 Å². The van der Waals surface area contributed by atoms with E-state index in [0.29, 0.717) is 12.2 Å². The van der Waals surface area contributed by atoms with E-state index in [1.807, 2.05) is 0 Å². The number of benzene rings is 1. The van der Waals surface area contributed by atoms with Gasteiger partial charge in [-0.2, -0.15) is 0 Å². The van der Waals surface area contributed by atoms with Crippen molar-refractivity contribution >= 4 is 69.9 Å². The number of nitrogens with one attached hydrogen (secondary N) is 3. The van der Waals surface area contributed by atoms with Crippen LogP contribution < -0.4 is 20.7 Å². The lowest BCUT2D eigenvalue weighted by Crippen LogP contribution is -2.53. The number of carbonyl (C=O) groups excluding carboxylic acids is 1. The van der Waals surface area contributed by atoms with Crippen LogP contribution in [0.15, 0.2) is 18.2 Å². The SMILES string of the molecule is COc1ccc([N+](=O)[O-])cc1NC(=S)NC(NC=O)C(Cl)(Cl)Cl.